The highest BCUT2D eigenvalue weighted by Crippen LogP contribution is 2.34. The minimum atomic E-state index is 0.245. The number of thioether (sulfide) groups is 1. The van der Waals surface area contributed by atoms with Crippen LogP contribution in [-0.2, 0) is 6.42 Å². The third kappa shape index (κ3) is 3.03. The van der Waals surface area contributed by atoms with Gasteiger partial charge in [0.15, 0.2) is 0 Å². The van der Waals surface area contributed by atoms with Gasteiger partial charge in [0.05, 0.1) is 0 Å². The number of hydrogen-bond donors (Lipinski definition) is 1. The fraction of sp³-hybridized carbons (Fsp3) is 0.500. The van der Waals surface area contributed by atoms with Gasteiger partial charge in [-0.3, -0.25) is 0 Å². The second-order valence-corrected chi connectivity index (χ2v) is 4.97. The summed E-state index contributed by atoms with van der Waals surface area (Å²) >= 11 is 1.96. The number of benzene rings is 1. The van der Waals surface area contributed by atoms with Gasteiger partial charge in [-0.25, -0.2) is 0 Å². The van der Waals surface area contributed by atoms with Crippen LogP contribution < -0.4 is 0 Å². The standard InChI is InChI=1S/C12H16OS/c13-8-7-10-3-5-12(6-4-10)14-9-11-1-2-11/h3-6,11,13H,1-2,7-9H2. The molecule has 0 radical (unpaired) electrons. The van der Waals surface area contributed by atoms with E-state index in [-0.39, 0.29) is 6.61 Å². The molecule has 1 fully saturated rings. The highest BCUT2D eigenvalue weighted by molar-refractivity contribution is 7.99. The molecule has 1 nitrogen and oxygen atoms in total. The maximum Gasteiger partial charge on any atom is 0.0471 e. The smallest absolute Gasteiger partial charge is 0.0471 e. The normalized spacial score (nSPS) is 15.8. The fourth-order valence-electron chi connectivity index (χ4n) is 1.38. The van der Waals surface area contributed by atoms with Crippen molar-refractivity contribution in [3.05, 3.63) is 29.8 Å². The van der Waals surface area contributed by atoms with Gasteiger partial charge in [-0.05, 0) is 42.9 Å². The summed E-state index contributed by atoms with van der Waals surface area (Å²) in [5.41, 5.74) is 1.23. The van der Waals surface area contributed by atoms with Gasteiger partial charge in [0.2, 0.25) is 0 Å². The van der Waals surface area contributed by atoms with E-state index in [4.69, 9.17) is 5.11 Å². The lowest BCUT2D eigenvalue weighted by Gasteiger charge is -2.02. The Kier molecular flexibility index (Phi) is 3.49. The van der Waals surface area contributed by atoms with E-state index in [0.717, 1.165) is 12.3 Å². The Balaban J connectivity index is 1.84. The summed E-state index contributed by atoms with van der Waals surface area (Å²) in [6, 6.07) is 8.56. The molecule has 0 bridgehead atoms. The molecule has 1 aliphatic rings. The van der Waals surface area contributed by atoms with Gasteiger partial charge in [0.1, 0.15) is 0 Å². The third-order valence-electron chi connectivity index (χ3n) is 2.51. The minimum Gasteiger partial charge on any atom is -0.396 e. The van der Waals surface area contributed by atoms with Gasteiger partial charge in [0.25, 0.3) is 0 Å². The molecule has 1 saturated carbocycles. The summed E-state index contributed by atoms with van der Waals surface area (Å²) < 4.78 is 0. The molecule has 1 aromatic carbocycles. The van der Waals surface area contributed by atoms with Crippen LogP contribution in [0.25, 0.3) is 0 Å². The van der Waals surface area contributed by atoms with Gasteiger partial charge in [-0.15, -0.1) is 11.8 Å². The predicted molar refractivity (Wildman–Crippen MR) is 60.7 cm³/mol. The van der Waals surface area contributed by atoms with Crippen LogP contribution in [0.3, 0.4) is 0 Å². The zero-order valence-electron chi connectivity index (χ0n) is 8.28. The van der Waals surface area contributed by atoms with E-state index in [0.29, 0.717) is 0 Å². The van der Waals surface area contributed by atoms with E-state index in [2.05, 4.69) is 24.3 Å². The summed E-state index contributed by atoms with van der Waals surface area (Å²) in [4.78, 5) is 1.36. The zero-order valence-corrected chi connectivity index (χ0v) is 9.09. The lowest BCUT2D eigenvalue weighted by molar-refractivity contribution is 0.299. The van der Waals surface area contributed by atoms with Crippen molar-refractivity contribution in [1.82, 2.24) is 0 Å². The Bertz CT molecular complexity index is 277. The van der Waals surface area contributed by atoms with Crippen LogP contribution in [0.5, 0.6) is 0 Å². The van der Waals surface area contributed by atoms with Crippen molar-refractivity contribution in [2.45, 2.75) is 24.2 Å². The molecular formula is C12H16OS. The molecule has 0 heterocycles. The Labute approximate surface area is 89.5 Å². The Morgan fingerprint density at radius 1 is 1.21 bits per heavy atom. The lowest BCUT2D eigenvalue weighted by atomic mass is 10.2. The quantitative estimate of drug-likeness (QED) is 0.751. The molecule has 1 aliphatic carbocycles. The van der Waals surface area contributed by atoms with Gasteiger partial charge >= 0.3 is 0 Å². The molecule has 0 amide bonds. The minimum absolute atomic E-state index is 0.245. The van der Waals surface area contributed by atoms with Crippen molar-refractivity contribution >= 4 is 11.8 Å². The fourth-order valence-corrected chi connectivity index (χ4v) is 2.47. The topological polar surface area (TPSA) is 20.2 Å². The van der Waals surface area contributed by atoms with Crippen LogP contribution in [0.2, 0.25) is 0 Å². The van der Waals surface area contributed by atoms with Crippen LogP contribution in [0.4, 0.5) is 0 Å². The molecule has 76 valence electrons. The molecule has 0 spiro atoms. The molecule has 0 aromatic heterocycles. The SMILES string of the molecule is OCCc1ccc(SCC2CC2)cc1. The molecular weight excluding hydrogens is 192 g/mol. The highest BCUT2D eigenvalue weighted by Gasteiger charge is 2.20. The maximum atomic E-state index is 8.77. The molecule has 0 aliphatic heterocycles. The first kappa shape index (κ1) is 10.1. The summed E-state index contributed by atoms with van der Waals surface area (Å²) in [5, 5.41) is 8.77. The van der Waals surface area contributed by atoms with Gasteiger partial charge < -0.3 is 5.11 Å². The van der Waals surface area contributed by atoms with Crippen molar-refractivity contribution in [2.75, 3.05) is 12.4 Å². The first-order valence-electron chi connectivity index (χ1n) is 5.21. The number of rotatable bonds is 5. The Morgan fingerprint density at radius 2 is 1.93 bits per heavy atom. The van der Waals surface area contributed by atoms with Crippen molar-refractivity contribution in [3.8, 4) is 0 Å². The predicted octanol–water partition coefficient (Wildman–Crippen LogP) is 2.72. The summed E-state index contributed by atoms with van der Waals surface area (Å²) in [6.07, 6.45) is 3.62. The number of hydrogen-bond acceptors (Lipinski definition) is 2. The van der Waals surface area contributed by atoms with Crippen molar-refractivity contribution in [1.29, 1.82) is 0 Å². The average molecular weight is 208 g/mol. The molecule has 0 saturated heterocycles. The summed E-state index contributed by atoms with van der Waals surface area (Å²) in [5.74, 6) is 2.26. The molecule has 2 heteroatoms. The van der Waals surface area contributed by atoms with Crippen LogP contribution >= 0.6 is 11.8 Å². The number of aliphatic hydroxyl groups is 1. The van der Waals surface area contributed by atoms with Crippen molar-refractivity contribution in [2.24, 2.45) is 5.92 Å². The van der Waals surface area contributed by atoms with Crippen molar-refractivity contribution < 1.29 is 5.11 Å². The number of aliphatic hydroxyl groups excluding tert-OH is 1. The van der Waals surface area contributed by atoms with Crippen LogP contribution in [0, 0.1) is 5.92 Å². The molecule has 0 atom stereocenters. The zero-order chi connectivity index (χ0) is 9.80. The van der Waals surface area contributed by atoms with E-state index in [1.807, 2.05) is 11.8 Å². The third-order valence-corrected chi connectivity index (χ3v) is 3.75. The molecule has 1 aromatic rings. The van der Waals surface area contributed by atoms with Gasteiger partial charge in [-0.2, -0.15) is 0 Å². The van der Waals surface area contributed by atoms with E-state index in [1.165, 1.54) is 29.1 Å². The first-order chi connectivity index (χ1) is 6.88. The van der Waals surface area contributed by atoms with E-state index in [1.54, 1.807) is 0 Å². The van der Waals surface area contributed by atoms with Gasteiger partial charge in [0, 0.05) is 17.3 Å². The summed E-state index contributed by atoms with van der Waals surface area (Å²) in [7, 11) is 0. The van der Waals surface area contributed by atoms with E-state index >= 15 is 0 Å². The van der Waals surface area contributed by atoms with Gasteiger partial charge in [-0.1, -0.05) is 12.1 Å². The second-order valence-electron chi connectivity index (χ2n) is 3.87. The Hall–Kier alpha value is -0.470. The molecule has 0 unspecified atom stereocenters. The maximum absolute atomic E-state index is 8.77. The van der Waals surface area contributed by atoms with E-state index < -0.39 is 0 Å². The second kappa shape index (κ2) is 4.85. The first-order valence-corrected chi connectivity index (χ1v) is 6.19. The van der Waals surface area contributed by atoms with Crippen molar-refractivity contribution in [3.63, 3.8) is 0 Å². The average Bonchev–Trinajstić information content (AvgIpc) is 3.01. The lowest BCUT2D eigenvalue weighted by Crippen LogP contribution is -1.89. The summed E-state index contributed by atoms with van der Waals surface area (Å²) in [6.45, 7) is 0.245. The molecule has 14 heavy (non-hydrogen) atoms. The van der Waals surface area contributed by atoms with E-state index in [9.17, 15) is 0 Å². The highest BCUT2D eigenvalue weighted by atomic mass is 32.2. The van der Waals surface area contributed by atoms with Crippen LogP contribution in [-0.4, -0.2) is 17.5 Å². The molecule has 1 N–H and O–H groups in total. The van der Waals surface area contributed by atoms with Crippen LogP contribution in [0.15, 0.2) is 29.2 Å². The Morgan fingerprint density at radius 3 is 2.50 bits per heavy atom. The largest absolute Gasteiger partial charge is 0.396 e. The van der Waals surface area contributed by atoms with Crippen LogP contribution in [0.1, 0.15) is 18.4 Å². The molecule has 2 rings (SSSR count). The monoisotopic (exact) mass is 208 g/mol.